The van der Waals surface area contributed by atoms with Crippen molar-refractivity contribution < 1.29 is 4.74 Å². The van der Waals surface area contributed by atoms with Gasteiger partial charge in [-0.3, -0.25) is 9.36 Å². The van der Waals surface area contributed by atoms with E-state index in [1.165, 1.54) is 11.5 Å². The lowest BCUT2D eigenvalue weighted by Crippen LogP contribution is -2.24. The van der Waals surface area contributed by atoms with Crippen LogP contribution in [0, 0.1) is 11.8 Å². The van der Waals surface area contributed by atoms with E-state index in [0.717, 1.165) is 78.0 Å². The molecular formula is C31H32N6O2S. The van der Waals surface area contributed by atoms with E-state index in [0.29, 0.717) is 23.7 Å². The molecular weight excluding hydrogens is 520 g/mol. The van der Waals surface area contributed by atoms with Crippen molar-refractivity contribution >= 4 is 34.2 Å². The third-order valence-electron chi connectivity index (χ3n) is 7.37. The minimum atomic E-state index is -0.157. The number of fused-ring (bicyclic) bond motifs is 1. The number of aryl methyl sites for hydroxylation is 1. The Labute approximate surface area is 237 Å². The number of ether oxygens (including phenoxy) is 1. The molecule has 0 spiro atoms. The maximum Gasteiger partial charge on any atom is 0.268 e. The zero-order chi connectivity index (χ0) is 27.5. The van der Waals surface area contributed by atoms with Gasteiger partial charge in [0.15, 0.2) is 0 Å². The summed E-state index contributed by atoms with van der Waals surface area (Å²) in [6.45, 7) is 4.48. The molecule has 3 aromatic heterocycles. The van der Waals surface area contributed by atoms with Crippen LogP contribution in [0.1, 0.15) is 48.6 Å². The molecule has 9 heteroatoms. The van der Waals surface area contributed by atoms with Crippen LogP contribution < -0.4 is 15.6 Å². The highest BCUT2D eigenvalue weighted by Gasteiger charge is 2.21. The lowest BCUT2D eigenvalue weighted by atomic mass is 10.1. The van der Waals surface area contributed by atoms with Crippen LogP contribution in [0.2, 0.25) is 0 Å². The summed E-state index contributed by atoms with van der Waals surface area (Å²) in [5, 5.41) is 4.05. The van der Waals surface area contributed by atoms with Crippen molar-refractivity contribution in [3.05, 3.63) is 80.7 Å². The summed E-state index contributed by atoms with van der Waals surface area (Å²) < 4.78 is 12.2. The van der Waals surface area contributed by atoms with Crippen molar-refractivity contribution in [2.24, 2.45) is 0 Å². The molecule has 1 saturated heterocycles. The van der Waals surface area contributed by atoms with Crippen LogP contribution >= 0.6 is 11.5 Å². The van der Waals surface area contributed by atoms with Crippen LogP contribution in [-0.4, -0.2) is 50.0 Å². The van der Waals surface area contributed by atoms with E-state index in [2.05, 4.69) is 51.5 Å². The fourth-order valence-electron chi connectivity index (χ4n) is 5.19. The number of benzene rings is 1. The number of aromatic nitrogens is 4. The number of nitrogens with zero attached hydrogens (tertiary/aromatic N) is 5. The average Bonchev–Trinajstić information content (AvgIpc) is 3.73. The van der Waals surface area contributed by atoms with Gasteiger partial charge in [-0.2, -0.15) is 4.98 Å². The fourth-order valence-corrected chi connectivity index (χ4v) is 5.86. The van der Waals surface area contributed by atoms with Crippen molar-refractivity contribution in [3.8, 4) is 17.6 Å². The Bertz CT molecular complexity index is 1680. The molecule has 8 nitrogen and oxygen atoms in total. The van der Waals surface area contributed by atoms with Crippen molar-refractivity contribution in [2.45, 2.75) is 51.7 Å². The van der Waals surface area contributed by atoms with Crippen molar-refractivity contribution in [3.63, 3.8) is 0 Å². The predicted molar refractivity (Wildman–Crippen MR) is 159 cm³/mol. The van der Waals surface area contributed by atoms with Gasteiger partial charge in [0.05, 0.1) is 12.1 Å². The van der Waals surface area contributed by atoms with Crippen molar-refractivity contribution in [1.82, 2.24) is 23.8 Å². The van der Waals surface area contributed by atoms with Crippen molar-refractivity contribution in [1.29, 1.82) is 0 Å². The summed E-state index contributed by atoms with van der Waals surface area (Å²) in [4.78, 5) is 26.5. The monoisotopic (exact) mass is 552 g/mol. The second-order valence-electron chi connectivity index (χ2n) is 10.4. The molecule has 1 fully saturated rings. The van der Waals surface area contributed by atoms with E-state index in [1.54, 1.807) is 16.8 Å². The summed E-state index contributed by atoms with van der Waals surface area (Å²) in [7, 11) is 2.11. The second kappa shape index (κ2) is 11.6. The van der Waals surface area contributed by atoms with Gasteiger partial charge in [0.1, 0.15) is 17.5 Å². The Balaban J connectivity index is 1.31. The quantitative estimate of drug-likeness (QED) is 0.318. The molecule has 0 amide bonds. The average molecular weight is 553 g/mol. The Kier molecular flexibility index (Phi) is 7.62. The number of hydrogen-bond acceptors (Lipinski definition) is 8. The van der Waals surface area contributed by atoms with Gasteiger partial charge in [0.25, 0.3) is 5.56 Å². The first-order valence-electron chi connectivity index (χ1n) is 13.8. The van der Waals surface area contributed by atoms with E-state index < -0.39 is 0 Å². The number of allylic oxidation sites excluding steroid dienone is 2. The minimum absolute atomic E-state index is 0.157. The van der Waals surface area contributed by atoms with Gasteiger partial charge in [-0.1, -0.05) is 24.8 Å². The smallest absolute Gasteiger partial charge is 0.268 e. The van der Waals surface area contributed by atoms with Gasteiger partial charge >= 0.3 is 0 Å². The highest BCUT2D eigenvalue weighted by Crippen LogP contribution is 2.23. The largest absolute Gasteiger partial charge is 0.489 e. The topological polar surface area (TPSA) is 85.2 Å². The number of anilines is 2. The maximum atomic E-state index is 13.7. The summed E-state index contributed by atoms with van der Waals surface area (Å²) in [6, 6.07) is 9.63. The first-order valence-corrected chi connectivity index (χ1v) is 14.6. The highest BCUT2D eigenvalue weighted by molar-refractivity contribution is 7.05. The molecule has 0 saturated carbocycles. The van der Waals surface area contributed by atoms with Crippen molar-refractivity contribution in [2.75, 3.05) is 25.5 Å². The normalized spacial score (nSPS) is 17.1. The van der Waals surface area contributed by atoms with Gasteiger partial charge in [-0.25, -0.2) is 9.36 Å². The van der Waals surface area contributed by atoms with Gasteiger partial charge < -0.3 is 15.0 Å². The number of hydrogen-bond donors (Lipinski definition) is 1. The van der Waals surface area contributed by atoms with Gasteiger partial charge in [0, 0.05) is 47.0 Å². The maximum absolute atomic E-state index is 13.7. The molecule has 1 aliphatic heterocycles. The number of pyridine rings is 1. The number of likely N-dealkylation sites (tertiary alicyclic amines) is 1. The molecule has 6 rings (SSSR count). The first-order chi connectivity index (χ1) is 19.6. The zero-order valence-corrected chi connectivity index (χ0v) is 23.6. The third kappa shape index (κ3) is 5.79. The molecule has 40 heavy (non-hydrogen) atoms. The van der Waals surface area contributed by atoms with Gasteiger partial charge in [-0.15, -0.1) is 0 Å². The number of rotatable bonds is 7. The standard InChI is InChI=1S/C31H32N6O2S/c1-3-28-24(18-33-40-28)19-37-29-23(16-22(30(37)38)9-8-21-6-4-5-7-21)17-32-31(35-29)34-25-10-12-26(13-11-25)39-27-14-15-36(2)20-27/h6,10-13,16-18,27H,3-5,7,14-15,19-20H2,1-2H3,(H,32,34,35). The molecule has 1 atom stereocenters. The van der Waals surface area contributed by atoms with E-state index >= 15 is 0 Å². The van der Waals surface area contributed by atoms with Gasteiger partial charge in [-0.05, 0) is 86.6 Å². The van der Waals surface area contributed by atoms with Crippen LogP contribution in [0.25, 0.3) is 11.0 Å². The zero-order valence-electron chi connectivity index (χ0n) is 22.8. The van der Waals surface area contributed by atoms with Crippen LogP contribution in [0.3, 0.4) is 0 Å². The number of likely N-dealkylation sites (N-methyl/N-ethyl adjacent to an activating group) is 1. The minimum Gasteiger partial charge on any atom is -0.489 e. The SMILES string of the molecule is CCc1sncc1Cn1c(=O)c(C#CC2=CCCC2)cc2cnc(Nc3ccc(OC4CCN(C)C4)cc3)nc21. The molecule has 204 valence electrons. The van der Waals surface area contributed by atoms with Crippen LogP contribution in [0.15, 0.2) is 59.2 Å². The van der Waals surface area contributed by atoms with E-state index in [-0.39, 0.29) is 11.7 Å². The Morgan fingerprint density at radius 1 is 1.20 bits per heavy atom. The molecule has 1 aliphatic carbocycles. The Hall–Kier alpha value is -4.00. The van der Waals surface area contributed by atoms with Crippen LogP contribution in [-0.2, 0) is 13.0 Å². The van der Waals surface area contributed by atoms with Gasteiger partial charge in [0.2, 0.25) is 5.95 Å². The second-order valence-corrected chi connectivity index (χ2v) is 11.2. The molecule has 0 bridgehead atoms. The van der Waals surface area contributed by atoms with E-state index in [4.69, 9.17) is 9.72 Å². The summed E-state index contributed by atoms with van der Waals surface area (Å²) >= 11 is 1.47. The number of nitrogens with one attached hydrogen (secondary N) is 1. The molecule has 0 radical (unpaired) electrons. The molecule has 4 heterocycles. The summed E-state index contributed by atoms with van der Waals surface area (Å²) in [5.74, 6) is 7.60. The fraction of sp³-hybridized carbons (Fsp3) is 0.355. The first kappa shape index (κ1) is 26.2. The molecule has 1 unspecified atom stereocenters. The highest BCUT2D eigenvalue weighted by atomic mass is 32.1. The van der Waals surface area contributed by atoms with Crippen LogP contribution in [0.5, 0.6) is 5.75 Å². The van der Waals surface area contributed by atoms with Crippen LogP contribution in [0.4, 0.5) is 11.6 Å². The Morgan fingerprint density at radius 3 is 2.83 bits per heavy atom. The molecule has 1 N–H and O–H groups in total. The third-order valence-corrected chi connectivity index (χ3v) is 8.35. The molecule has 1 aromatic carbocycles. The van der Waals surface area contributed by atoms with E-state index in [9.17, 15) is 4.79 Å². The molecule has 4 aromatic rings. The van der Waals surface area contributed by atoms with E-state index in [1.807, 2.05) is 30.5 Å². The lowest BCUT2D eigenvalue weighted by molar-refractivity contribution is 0.208. The summed E-state index contributed by atoms with van der Waals surface area (Å²) in [5.41, 5.74) is 3.82. The predicted octanol–water partition coefficient (Wildman–Crippen LogP) is 5.15. The lowest BCUT2D eigenvalue weighted by Gasteiger charge is -2.14. The molecule has 2 aliphatic rings. The summed E-state index contributed by atoms with van der Waals surface area (Å²) in [6.07, 6.45) is 11.0. The Morgan fingerprint density at radius 2 is 2.08 bits per heavy atom.